The predicted octanol–water partition coefficient (Wildman–Crippen LogP) is 4.44. The fourth-order valence-electron chi connectivity index (χ4n) is 3.70. The van der Waals surface area contributed by atoms with E-state index in [0.29, 0.717) is 5.78 Å². The number of aryl methyl sites for hydroxylation is 1. The number of hydrogen-bond donors (Lipinski definition) is 1. The minimum atomic E-state index is 0.271. The highest BCUT2D eigenvalue weighted by Crippen LogP contribution is 2.33. The van der Waals surface area contributed by atoms with Crippen molar-refractivity contribution in [2.45, 2.75) is 51.9 Å². The van der Waals surface area contributed by atoms with Crippen molar-refractivity contribution in [2.75, 3.05) is 11.9 Å². The van der Waals surface area contributed by atoms with Crippen LogP contribution in [0.15, 0.2) is 18.2 Å². The summed E-state index contributed by atoms with van der Waals surface area (Å²) in [6, 6.07) is 6.25. The van der Waals surface area contributed by atoms with Gasteiger partial charge in [0.05, 0.1) is 0 Å². The van der Waals surface area contributed by atoms with Crippen molar-refractivity contribution in [2.24, 2.45) is 11.8 Å². The Morgan fingerprint density at radius 2 is 2.05 bits per heavy atom. The lowest BCUT2D eigenvalue weighted by atomic mass is 9.77. The lowest BCUT2D eigenvalue weighted by Crippen LogP contribution is -2.22. The summed E-state index contributed by atoms with van der Waals surface area (Å²) in [5.74, 6) is 1.51. The van der Waals surface area contributed by atoms with E-state index >= 15 is 0 Å². The van der Waals surface area contributed by atoms with Crippen molar-refractivity contribution in [3.63, 3.8) is 0 Å². The van der Waals surface area contributed by atoms with Crippen LogP contribution in [0.5, 0.6) is 0 Å². The smallest absolute Gasteiger partial charge is 0.165 e. The summed E-state index contributed by atoms with van der Waals surface area (Å²) in [5, 5.41) is 3.41. The first-order valence-electron chi connectivity index (χ1n) is 8.19. The Morgan fingerprint density at radius 3 is 2.80 bits per heavy atom. The Balaban J connectivity index is 1.71. The monoisotopic (exact) mass is 271 g/mol. The van der Waals surface area contributed by atoms with Crippen molar-refractivity contribution in [3.05, 3.63) is 29.3 Å². The summed E-state index contributed by atoms with van der Waals surface area (Å²) in [4.78, 5) is 12.7. The van der Waals surface area contributed by atoms with E-state index in [1.165, 1.54) is 36.9 Å². The molecule has 108 valence electrons. The second-order valence-electron chi connectivity index (χ2n) is 6.39. The zero-order valence-corrected chi connectivity index (χ0v) is 12.5. The van der Waals surface area contributed by atoms with Gasteiger partial charge in [0.15, 0.2) is 5.78 Å². The van der Waals surface area contributed by atoms with Crippen molar-refractivity contribution < 1.29 is 4.79 Å². The van der Waals surface area contributed by atoms with Crippen molar-refractivity contribution in [1.29, 1.82) is 0 Å². The molecule has 0 amide bonds. The molecule has 0 saturated heterocycles. The topological polar surface area (TPSA) is 29.1 Å². The van der Waals surface area contributed by atoms with Crippen LogP contribution >= 0.6 is 0 Å². The Hall–Kier alpha value is -1.31. The molecular weight excluding hydrogens is 246 g/mol. The van der Waals surface area contributed by atoms with Gasteiger partial charge < -0.3 is 5.32 Å². The van der Waals surface area contributed by atoms with Gasteiger partial charge in [0.1, 0.15) is 0 Å². The van der Waals surface area contributed by atoms with Crippen LogP contribution < -0.4 is 5.32 Å². The molecule has 3 rings (SSSR count). The molecule has 1 saturated carbocycles. The maximum absolute atomic E-state index is 12.7. The molecule has 0 spiro atoms. The maximum Gasteiger partial charge on any atom is 0.165 e. The zero-order chi connectivity index (χ0) is 13.9. The quantitative estimate of drug-likeness (QED) is 0.823. The van der Waals surface area contributed by atoms with E-state index in [4.69, 9.17) is 0 Å². The Kier molecular flexibility index (Phi) is 4.09. The van der Waals surface area contributed by atoms with E-state index in [2.05, 4.69) is 24.4 Å². The summed E-state index contributed by atoms with van der Waals surface area (Å²) in [5.41, 5.74) is 3.49. The molecule has 1 aliphatic heterocycles. The van der Waals surface area contributed by atoms with Crippen LogP contribution in [0.1, 0.15) is 61.4 Å². The molecule has 1 aliphatic carbocycles. The van der Waals surface area contributed by atoms with Gasteiger partial charge in [-0.05, 0) is 68.2 Å². The van der Waals surface area contributed by atoms with E-state index < -0.39 is 0 Å². The average molecular weight is 271 g/mol. The number of hydrogen-bond acceptors (Lipinski definition) is 2. The second-order valence-corrected chi connectivity index (χ2v) is 6.39. The van der Waals surface area contributed by atoms with E-state index in [1.54, 1.807) is 0 Å². The lowest BCUT2D eigenvalue weighted by Gasteiger charge is -2.27. The SMILES string of the molecule is CCC1CCC(C(=O)c2ccc3c(c2)CCCN3)CC1. The minimum Gasteiger partial charge on any atom is -0.385 e. The molecule has 0 bridgehead atoms. The van der Waals surface area contributed by atoms with Crippen LogP contribution in [-0.2, 0) is 6.42 Å². The Morgan fingerprint density at radius 1 is 1.25 bits per heavy atom. The minimum absolute atomic E-state index is 0.271. The molecule has 1 aromatic rings. The molecule has 0 aromatic heterocycles. The molecule has 0 atom stereocenters. The van der Waals surface area contributed by atoms with Crippen LogP contribution in [-0.4, -0.2) is 12.3 Å². The fraction of sp³-hybridized carbons (Fsp3) is 0.611. The van der Waals surface area contributed by atoms with Gasteiger partial charge in [-0.25, -0.2) is 0 Å². The van der Waals surface area contributed by atoms with Gasteiger partial charge in [-0.2, -0.15) is 0 Å². The van der Waals surface area contributed by atoms with Crippen molar-refractivity contribution in [1.82, 2.24) is 0 Å². The van der Waals surface area contributed by atoms with Gasteiger partial charge in [-0.1, -0.05) is 13.3 Å². The van der Waals surface area contributed by atoms with Crippen LogP contribution in [0.2, 0.25) is 0 Å². The highest BCUT2D eigenvalue weighted by atomic mass is 16.1. The van der Waals surface area contributed by atoms with E-state index in [1.807, 2.05) is 6.07 Å². The number of nitrogens with one attached hydrogen (secondary N) is 1. The van der Waals surface area contributed by atoms with Gasteiger partial charge in [0, 0.05) is 23.7 Å². The molecule has 2 aliphatic rings. The zero-order valence-electron chi connectivity index (χ0n) is 12.5. The van der Waals surface area contributed by atoms with E-state index in [-0.39, 0.29) is 5.92 Å². The van der Waals surface area contributed by atoms with E-state index in [0.717, 1.165) is 37.3 Å². The van der Waals surface area contributed by atoms with Gasteiger partial charge in [-0.3, -0.25) is 4.79 Å². The number of carbonyl (C=O) groups is 1. The van der Waals surface area contributed by atoms with Crippen molar-refractivity contribution >= 4 is 11.5 Å². The first kappa shape index (κ1) is 13.7. The summed E-state index contributed by atoms with van der Waals surface area (Å²) in [6.07, 6.45) is 8.20. The van der Waals surface area contributed by atoms with Gasteiger partial charge in [0.25, 0.3) is 0 Å². The summed E-state index contributed by atoms with van der Waals surface area (Å²) >= 11 is 0. The third kappa shape index (κ3) is 2.74. The molecule has 1 aromatic carbocycles. The second kappa shape index (κ2) is 5.99. The summed E-state index contributed by atoms with van der Waals surface area (Å²) < 4.78 is 0. The molecule has 0 radical (unpaired) electrons. The van der Waals surface area contributed by atoms with Gasteiger partial charge >= 0.3 is 0 Å². The van der Waals surface area contributed by atoms with Crippen LogP contribution in [0.4, 0.5) is 5.69 Å². The van der Waals surface area contributed by atoms with E-state index in [9.17, 15) is 4.79 Å². The number of Topliss-reactive ketones (excluding diaryl/α,β-unsaturated/α-hetero) is 1. The van der Waals surface area contributed by atoms with Crippen LogP contribution in [0.3, 0.4) is 0 Å². The van der Waals surface area contributed by atoms with Crippen LogP contribution in [0.25, 0.3) is 0 Å². The third-order valence-electron chi connectivity index (χ3n) is 5.12. The third-order valence-corrected chi connectivity index (χ3v) is 5.12. The normalized spacial score (nSPS) is 25.6. The molecule has 1 fully saturated rings. The molecule has 2 nitrogen and oxygen atoms in total. The first-order chi connectivity index (χ1) is 9.78. The molecule has 20 heavy (non-hydrogen) atoms. The highest BCUT2D eigenvalue weighted by molar-refractivity contribution is 5.98. The molecule has 1 N–H and O–H groups in total. The van der Waals surface area contributed by atoms with Crippen molar-refractivity contribution in [3.8, 4) is 0 Å². The Labute approximate surface area is 122 Å². The summed E-state index contributed by atoms with van der Waals surface area (Å²) in [7, 11) is 0. The number of anilines is 1. The number of fused-ring (bicyclic) bond motifs is 1. The fourth-order valence-corrected chi connectivity index (χ4v) is 3.70. The standard InChI is InChI=1S/C18H25NO/c1-2-13-5-7-14(8-6-13)18(20)16-9-10-17-15(12-16)4-3-11-19-17/h9-10,12-14,19H,2-8,11H2,1H3. The molecule has 0 unspecified atom stereocenters. The Bertz CT molecular complexity index is 486. The predicted molar refractivity (Wildman–Crippen MR) is 83.3 cm³/mol. The molecular formula is C18H25NO. The number of rotatable bonds is 3. The van der Waals surface area contributed by atoms with Gasteiger partial charge in [-0.15, -0.1) is 0 Å². The molecule has 2 heteroatoms. The maximum atomic E-state index is 12.7. The van der Waals surface area contributed by atoms with Gasteiger partial charge in [0.2, 0.25) is 0 Å². The summed E-state index contributed by atoms with van der Waals surface area (Å²) in [6.45, 7) is 3.32. The highest BCUT2D eigenvalue weighted by Gasteiger charge is 2.26. The average Bonchev–Trinajstić information content (AvgIpc) is 2.54. The van der Waals surface area contributed by atoms with Crippen LogP contribution in [0, 0.1) is 11.8 Å². The lowest BCUT2D eigenvalue weighted by molar-refractivity contribution is 0.0871. The number of benzene rings is 1. The first-order valence-corrected chi connectivity index (χ1v) is 8.19. The molecule has 1 heterocycles. The number of ketones is 1. The largest absolute Gasteiger partial charge is 0.385 e. The number of carbonyl (C=O) groups excluding carboxylic acids is 1.